The molecule has 7 nitrogen and oxygen atoms in total. The fourth-order valence-electron chi connectivity index (χ4n) is 4.99. The molecule has 12 heteroatoms. The van der Waals surface area contributed by atoms with E-state index in [1.54, 1.807) is 0 Å². The molecule has 2 aromatic carbocycles. The summed E-state index contributed by atoms with van der Waals surface area (Å²) < 4.78 is 79.8. The molecule has 2 aromatic rings. The first-order chi connectivity index (χ1) is 17.9. The largest absolute Gasteiger partial charge is 0.416 e. The van der Waals surface area contributed by atoms with Crippen LogP contribution in [-0.2, 0) is 21.0 Å². The Balaban J connectivity index is 1.41. The lowest BCUT2D eigenvalue weighted by Crippen LogP contribution is -2.55. The Morgan fingerprint density at radius 3 is 2.21 bits per heavy atom. The lowest BCUT2D eigenvalue weighted by Gasteiger charge is -2.36. The van der Waals surface area contributed by atoms with E-state index in [4.69, 9.17) is 0 Å². The number of halogens is 4. The Hall–Kier alpha value is -2.99. The highest BCUT2D eigenvalue weighted by molar-refractivity contribution is 7.89. The van der Waals surface area contributed by atoms with Crippen LogP contribution in [0.1, 0.15) is 54.4 Å². The Morgan fingerprint density at radius 2 is 1.55 bits per heavy atom. The van der Waals surface area contributed by atoms with Gasteiger partial charge in [0.15, 0.2) is 0 Å². The van der Waals surface area contributed by atoms with Gasteiger partial charge in [0.1, 0.15) is 5.82 Å². The summed E-state index contributed by atoms with van der Waals surface area (Å²) in [6, 6.07) is 8.00. The topological polar surface area (TPSA) is 95.6 Å². The van der Waals surface area contributed by atoms with Gasteiger partial charge in [0.2, 0.25) is 15.9 Å². The maximum Gasteiger partial charge on any atom is 0.416 e. The van der Waals surface area contributed by atoms with Crippen LogP contribution in [-0.4, -0.2) is 49.7 Å². The maximum absolute atomic E-state index is 13.2. The van der Waals surface area contributed by atoms with E-state index in [9.17, 15) is 35.6 Å². The van der Waals surface area contributed by atoms with Gasteiger partial charge in [-0.3, -0.25) is 9.59 Å². The van der Waals surface area contributed by atoms with Crippen LogP contribution >= 0.6 is 0 Å². The van der Waals surface area contributed by atoms with Gasteiger partial charge >= 0.3 is 6.18 Å². The molecule has 0 aromatic heterocycles. The molecule has 2 aliphatic rings. The van der Waals surface area contributed by atoms with Crippen molar-refractivity contribution in [2.75, 3.05) is 13.1 Å². The zero-order valence-electron chi connectivity index (χ0n) is 20.5. The van der Waals surface area contributed by atoms with Gasteiger partial charge in [-0.2, -0.15) is 17.5 Å². The van der Waals surface area contributed by atoms with E-state index in [-0.39, 0.29) is 37.0 Å². The predicted molar refractivity (Wildman–Crippen MR) is 131 cm³/mol. The smallest absolute Gasteiger partial charge is 0.351 e. The number of hydrogen-bond acceptors (Lipinski definition) is 4. The van der Waals surface area contributed by atoms with Crippen LogP contribution in [0.15, 0.2) is 53.4 Å². The van der Waals surface area contributed by atoms with E-state index in [0.717, 1.165) is 35.3 Å². The second-order valence-electron chi connectivity index (χ2n) is 9.71. The second kappa shape index (κ2) is 11.4. The lowest BCUT2D eigenvalue weighted by molar-refractivity contribution is -0.137. The summed E-state index contributed by atoms with van der Waals surface area (Å²) in [6.07, 6.45) is -0.913. The van der Waals surface area contributed by atoms with E-state index in [0.29, 0.717) is 37.3 Å². The molecule has 1 aliphatic heterocycles. The van der Waals surface area contributed by atoms with E-state index >= 15 is 0 Å². The number of benzene rings is 2. The van der Waals surface area contributed by atoms with Gasteiger partial charge in [-0.25, -0.2) is 12.8 Å². The van der Waals surface area contributed by atoms with Crippen molar-refractivity contribution in [3.05, 3.63) is 65.5 Å². The summed E-state index contributed by atoms with van der Waals surface area (Å²) in [6.45, 7) is -0.0497. The molecule has 38 heavy (non-hydrogen) atoms. The first-order valence-electron chi connectivity index (χ1n) is 12.5. The van der Waals surface area contributed by atoms with Gasteiger partial charge in [-0.15, -0.1) is 0 Å². The van der Waals surface area contributed by atoms with Crippen LogP contribution in [0.5, 0.6) is 0 Å². The fourth-order valence-corrected chi connectivity index (χ4v) is 6.56. The number of carbonyl (C=O) groups is 2. The standard InChI is InChI=1S/C26H29F4N3O4S/c27-20-12-10-17(11-13-20)24(34)31-22-8-1-2-9-23(22)32-25(35)18-5-4-14-33(16-18)38(36,37)21-7-3-6-19(15-21)26(28,29)30/h3,6-7,10-13,15,18,22-23H,1-2,4-5,8-9,14,16H2,(H,31,34)(H,32,35)/t18-,22+,23+/m0/s1. The van der Waals surface area contributed by atoms with Crippen molar-refractivity contribution in [3.63, 3.8) is 0 Å². The molecular formula is C26H29F4N3O4S. The van der Waals surface area contributed by atoms with Crippen LogP contribution in [0.4, 0.5) is 17.6 Å². The van der Waals surface area contributed by atoms with Gasteiger partial charge in [0.05, 0.1) is 16.4 Å². The van der Waals surface area contributed by atoms with E-state index in [1.807, 2.05) is 0 Å². The molecule has 0 spiro atoms. The summed E-state index contributed by atoms with van der Waals surface area (Å²) >= 11 is 0. The summed E-state index contributed by atoms with van der Waals surface area (Å²) in [5, 5.41) is 5.87. The van der Waals surface area contributed by atoms with Gasteiger partial charge in [-0.1, -0.05) is 18.9 Å². The Labute approximate surface area is 218 Å². The third-order valence-corrected chi connectivity index (χ3v) is 8.93. The van der Waals surface area contributed by atoms with Crippen molar-refractivity contribution in [2.24, 2.45) is 5.92 Å². The minimum Gasteiger partial charge on any atom is -0.351 e. The van der Waals surface area contributed by atoms with Gasteiger partial charge < -0.3 is 10.6 Å². The van der Waals surface area contributed by atoms with Crippen LogP contribution in [0, 0.1) is 11.7 Å². The average molecular weight is 556 g/mol. The Morgan fingerprint density at radius 1 is 0.895 bits per heavy atom. The number of amides is 2. The second-order valence-corrected chi connectivity index (χ2v) is 11.7. The molecule has 2 amide bonds. The quantitative estimate of drug-likeness (QED) is 0.525. The molecule has 2 fully saturated rings. The molecule has 1 saturated heterocycles. The first-order valence-corrected chi connectivity index (χ1v) is 13.9. The fraction of sp³-hybridized carbons (Fsp3) is 0.462. The Kier molecular flexibility index (Phi) is 8.41. The van der Waals surface area contributed by atoms with Crippen molar-refractivity contribution < 1.29 is 35.6 Å². The first kappa shape index (κ1) is 28.0. The van der Waals surface area contributed by atoms with Crippen molar-refractivity contribution in [3.8, 4) is 0 Å². The number of alkyl halides is 3. The monoisotopic (exact) mass is 555 g/mol. The summed E-state index contributed by atoms with van der Waals surface area (Å²) in [4.78, 5) is 25.3. The summed E-state index contributed by atoms with van der Waals surface area (Å²) in [5.41, 5.74) is -0.763. The molecule has 1 saturated carbocycles. The number of carbonyl (C=O) groups excluding carboxylic acids is 2. The molecule has 4 rings (SSSR count). The minimum absolute atomic E-state index is 0.0993. The highest BCUT2D eigenvalue weighted by Gasteiger charge is 2.37. The third kappa shape index (κ3) is 6.52. The van der Waals surface area contributed by atoms with E-state index < -0.39 is 38.4 Å². The van der Waals surface area contributed by atoms with Crippen LogP contribution in [0.25, 0.3) is 0 Å². The number of sulfonamides is 1. The highest BCUT2D eigenvalue weighted by Crippen LogP contribution is 2.32. The third-order valence-electron chi connectivity index (χ3n) is 7.07. The van der Waals surface area contributed by atoms with Crippen molar-refractivity contribution in [1.29, 1.82) is 0 Å². The van der Waals surface area contributed by atoms with Gasteiger partial charge in [-0.05, 0) is 68.1 Å². The Bertz CT molecular complexity index is 1270. The molecule has 1 aliphatic carbocycles. The summed E-state index contributed by atoms with van der Waals surface area (Å²) in [5.74, 6) is -1.88. The van der Waals surface area contributed by atoms with E-state index in [1.165, 1.54) is 24.3 Å². The number of hydrogen-bond donors (Lipinski definition) is 2. The average Bonchev–Trinajstić information content (AvgIpc) is 2.90. The number of nitrogens with one attached hydrogen (secondary N) is 2. The zero-order chi connectivity index (χ0) is 27.5. The zero-order valence-corrected chi connectivity index (χ0v) is 21.3. The minimum atomic E-state index is -4.68. The number of rotatable bonds is 6. The predicted octanol–water partition coefficient (Wildman–Crippen LogP) is 4.10. The SMILES string of the molecule is O=C(N[C@@H]1CCCC[C@H]1NC(=O)[C@H]1CCCN(S(=O)(=O)c2cccc(C(F)(F)F)c2)C1)c1ccc(F)cc1. The molecule has 0 bridgehead atoms. The molecule has 0 unspecified atom stereocenters. The van der Waals surface area contributed by atoms with E-state index in [2.05, 4.69) is 10.6 Å². The van der Waals surface area contributed by atoms with Crippen molar-refractivity contribution in [1.82, 2.24) is 14.9 Å². The highest BCUT2D eigenvalue weighted by atomic mass is 32.2. The molecule has 206 valence electrons. The van der Waals surface area contributed by atoms with Crippen molar-refractivity contribution >= 4 is 21.8 Å². The maximum atomic E-state index is 13.2. The van der Waals surface area contributed by atoms with Crippen LogP contribution in [0.3, 0.4) is 0 Å². The molecule has 1 heterocycles. The lowest BCUT2D eigenvalue weighted by atomic mass is 9.89. The molecule has 3 atom stereocenters. The summed E-state index contributed by atoms with van der Waals surface area (Å²) in [7, 11) is -4.24. The van der Waals surface area contributed by atoms with Crippen LogP contribution in [0.2, 0.25) is 0 Å². The number of nitrogens with zero attached hydrogens (tertiary/aromatic N) is 1. The molecule has 0 radical (unpaired) electrons. The van der Waals surface area contributed by atoms with Crippen LogP contribution < -0.4 is 10.6 Å². The number of piperidine rings is 1. The normalized spacial score (nSPS) is 23.0. The molecular weight excluding hydrogens is 526 g/mol. The van der Waals surface area contributed by atoms with Crippen molar-refractivity contribution in [2.45, 2.75) is 61.7 Å². The van der Waals surface area contributed by atoms with Gasteiger partial charge in [0.25, 0.3) is 5.91 Å². The van der Waals surface area contributed by atoms with Gasteiger partial charge in [0, 0.05) is 30.7 Å². The molecule has 2 N–H and O–H groups in total.